The van der Waals surface area contributed by atoms with Gasteiger partial charge in [-0.1, -0.05) is 115 Å². The lowest BCUT2D eigenvalue weighted by Gasteiger charge is -2.41. The lowest BCUT2D eigenvalue weighted by Crippen LogP contribution is -2.54. The molecule has 2 aliphatic rings. The molecule has 2 aromatic carbocycles. The minimum absolute atomic E-state index is 0.0437. The average molecular weight is 579 g/mol. The monoisotopic (exact) mass is 578 g/mol. The zero-order chi connectivity index (χ0) is 29.2. The zero-order valence-corrected chi connectivity index (χ0v) is 26.4. The van der Waals surface area contributed by atoms with Crippen LogP contribution in [-0.4, -0.2) is 39.1 Å². The van der Waals surface area contributed by atoms with Gasteiger partial charge in [0, 0.05) is 0 Å². The summed E-state index contributed by atoms with van der Waals surface area (Å²) >= 11 is 0. The van der Waals surface area contributed by atoms with Crippen LogP contribution in [-0.2, 0) is 14.0 Å². The molecule has 0 unspecified atom stereocenters. The van der Waals surface area contributed by atoms with Crippen LogP contribution in [0.4, 0.5) is 0 Å². The summed E-state index contributed by atoms with van der Waals surface area (Å²) in [6.07, 6.45) is 20.1. The number of unbranched alkanes of at least 4 members (excludes halogenated alkanes) is 12. The van der Waals surface area contributed by atoms with E-state index in [9.17, 15) is 0 Å². The first-order valence-electron chi connectivity index (χ1n) is 17.1. The maximum Gasteiger partial charge on any atom is 0.494 e. The van der Waals surface area contributed by atoms with Gasteiger partial charge in [0.15, 0.2) is 0 Å². The second kappa shape index (κ2) is 19.3. The number of hydrogen-bond donors (Lipinski definition) is 0. The summed E-state index contributed by atoms with van der Waals surface area (Å²) in [5.74, 6) is 1.86. The van der Waals surface area contributed by atoms with Crippen LogP contribution in [0.3, 0.4) is 0 Å². The minimum Gasteiger partial charge on any atom is -0.494 e. The SMILES string of the molecule is CCCCCCCCCCOc1ccc([C@H]2CC[C@@H]3OB(c4ccc(OCCCCCCCC)cc4)OC[C@H]3O2)cc1. The van der Waals surface area contributed by atoms with E-state index in [0.29, 0.717) is 6.61 Å². The van der Waals surface area contributed by atoms with Gasteiger partial charge in [0.1, 0.15) is 17.6 Å². The molecular formula is C36H55BO5. The molecule has 0 aliphatic carbocycles. The fraction of sp³-hybridized carbons (Fsp3) is 0.667. The van der Waals surface area contributed by atoms with Crippen molar-refractivity contribution < 1.29 is 23.5 Å². The Kier molecular flexibility index (Phi) is 15.1. The largest absolute Gasteiger partial charge is 0.494 e. The van der Waals surface area contributed by atoms with Gasteiger partial charge in [-0.3, -0.25) is 0 Å². The van der Waals surface area contributed by atoms with Crippen LogP contribution in [0.15, 0.2) is 48.5 Å². The van der Waals surface area contributed by atoms with E-state index >= 15 is 0 Å². The predicted octanol–water partition coefficient (Wildman–Crippen LogP) is 8.98. The van der Waals surface area contributed by atoms with Gasteiger partial charge < -0.3 is 23.5 Å². The van der Waals surface area contributed by atoms with Crippen LogP contribution >= 0.6 is 0 Å². The number of hydrogen-bond acceptors (Lipinski definition) is 5. The summed E-state index contributed by atoms with van der Waals surface area (Å²) in [7, 11) is -0.350. The van der Waals surface area contributed by atoms with E-state index < -0.39 is 0 Å². The first-order valence-corrected chi connectivity index (χ1v) is 17.1. The fourth-order valence-electron chi connectivity index (χ4n) is 5.97. The van der Waals surface area contributed by atoms with Crippen molar-refractivity contribution in [1.29, 1.82) is 0 Å². The zero-order valence-electron chi connectivity index (χ0n) is 26.4. The summed E-state index contributed by atoms with van der Waals surface area (Å²) in [5, 5.41) is 0. The Hall–Kier alpha value is -2.02. The predicted molar refractivity (Wildman–Crippen MR) is 173 cm³/mol. The molecule has 2 fully saturated rings. The maximum absolute atomic E-state index is 6.45. The molecular weight excluding hydrogens is 523 g/mol. The Morgan fingerprint density at radius 3 is 1.71 bits per heavy atom. The molecule has 42 heavy (non-hydrogen) atoms. The van der Waals surface area contributed by atoms with Gasteiger partial charge in [-0.05, 0) is 61.0 Å². The van der Waals surface area contributed by atoms with Crippen LogP contribution in [0.2, 0.25) is 0 Å². The smallest absolute Gasteiger partial charge is 0.494 e. The maximum atomic E-state index is 6.45. The summed E-state index contributed by atoms with van der Waals surface area (Å²) < 4.78 is 30.9. The molecule has 6 heteroatoms. The molecule has 232 valence electrons. The topological polar surface area (TPSA) is 46.2 Å². The normalized spacial score (nSPS) is 20.3. The van der Waals surface area contributed by atoms with Gasteiger partial charge in [-0.25, -0.2) is 0 Å². The van der Waals surface area contributed by atoms with E-state index in [0.717, 1.165) is 55.9 Å². The van der Waals surface area contributed by atoms with E-state index in [4.69, 9.17) is 23.5 Å². The van der Waals surface area contributed by atoms with Crippen molar-refractivity contribution in [2.45, 2.75) is 135 Å². The number of rotatable bonds is 20. The Labute approximate surface area is 256 Å². The van der Waals surface area contributed by atoms with E-state index in [-0.39, 0.29) is 25.4 Å². The fourth-order valence-corrected chi connectivity index (χ4v) is 5.97. The van der Waals surface area contributed by atoms with Crippen LogP contribution < -0.4 is 14.9 Å². The van der Waals surface area contributed by atoms with Crippen molar-refractivity contribution >= 4 is 12.6 Å². The molecule has 0 aromatic heterocycles. The second-order valence-corrected chi connectivity index (χ2v) is 12.2. The minimum atomic E-state index is -0.350. The molecule has 0 spiro atoms. The summed E-state index contributed by atoms with van der Waals surface area (Å²) in [4.78, 5) is 0. The highest BCUT2D eigenvalue weighted by Crippen LogP contribution is 2.35. The van der Waals surface area contributed by atoms with Crippen LogP contribution in [0.1, 0.15) is 128 Å². The van der Waals surface area contributed by atoms with Gasteiger partial charge >= 0.3 is 7.12 Å². The van der Waals surface area contributed by atoms with Gasteiger partial charge in [0.25, 0.3) is 0 Å². The standard InChI is InChI=1S/C36H55BO5/c1-3-5-7-9-11-12-14-16-27-38-32-21-17-30(18-22-32)34-25-26-35-36(41-34)29-40-37(42-35)31-19-23-33(24-20-31)39-28-15-13-10-8-6-4-2/h17-24,34-36H,3-16,25-29H2,1-2H3/t34-,35+,36-/m1/s1. The third-order valence-corrected chi connectivity index (χ3v) is 8.61. The molecule has 0 amide bonds. The van der Waals surface area contributed by atoms with Crippen molar-refractivity contribution in [3.63, 3.8) is 0 Å². The summed E-state index contributed by atoms with van der Waals surface area (Å²) in [6.45, 7) is 6.64. The van der Waals surface area contributed by atoms with Crippen molar-refractivity contribution in [3.05, 3.63) is 54.1 Å². The van der Waals surface area contributed by atoms with Crippen molar-refractivity contribution in [2.24, 2.45) is 0 Å². The second-order valence-electron chi connectivity index (χ2n) is 12.2. The number of benzene rings is 2. The average Bonchev–Trinajstić information content (AvgIpc) is 3.03. The van der Waals surface area contributed by atoms with Gasteiger partial charge in [0.05, 0.1) is 32.0 Å². The Bertz CT molecular complexity index is 966. The highest BCUT2D eigenvalue weighted by molar-refractivity contribution is 6.61. The van der Waals surface area contributed by atoms with E-state index in [1.807, 2.05) is 12.1 Å². The van der Waals surface area contributed by atoms with E-state index in [1.165, 1.54) is 82.6 Å². The Morgan fingerprint density at radius 1 is 0.619 bits per heavy atom. The highest BCUT2D eigenvalue weighted by atomic mass is 16.6. The molecule has 2 saturated heterocycles. The van der Waals surface area contributed by atoms with E-state index in [1.54, 1.807) is 0 Å². The molecule has 5 nitrogen and oxygen atoms in total. The molecule has 3 atom stereocenters. The van der Waals surface area contributed by atoms with Crippen molar-refractivity contribution in [2.75, 3.05) is 19.8 Å². The van der Waals surface area contributed by atoms with Crippen molar-refractivity contribution in [1.82, 2.24) is 0 Å². The third-order valence-electron chi connectivity index (χ3n) is 8.61. The first-order chi connectivity index (χ1) is 20.8. The molecule has 4 rings (SSSR count). The Balaban J connectivity index is 1.11. The van der Waals surface area contributed by atoms with Gasteiger partial charge in [0.2, 0.25) is 0 Å². The lowest BCUT2D eigenvalue weighted by atomic mass is 9.76. The summed E-state index contributed by atoms with van der Waals surface area (Å²) in [5.41, 5.74) is 2.23. The molecule has 0 N–H and O–H groups in total. The number of ether oxygens (including phenoxy) is 3. The third kappa shape index (κ3) is 11.2. The summed E-state index contributed by atoms with van der Waals surface area (Å²) in [6, 6.07) is 16.7. The molecule has 2 heterocycles. The molecule has 0 saturated carbocycles. The first kappa shape index (κ1) is 32.9. The highest BCUT2D eigenvalue weighted by Gasteiger charge is 2.41. The molecule has 0 radical (unpaired) electrons. The molecule has 2 aromatic rings. The Morgan fingerprint density at radius 2 is 1.14 bits per heavy atom. The quantitative estimate of drug-likeness (QED) is 0.116. The molecule has 0 bridgehead atoms. The van der Waals surface area contributed by atoms with Gasteiger partial charge in [-0.2, -0.15) is 0 Å². The lowest BCUT2D eigenvalue weighted by molar-refractivity contribution is -0.150. The van der Waals surface area contributed by atoms with Crippen LogP contribution in [0, 0.1) is 0 Å². The molecule has 2 aliphatic heterocycles. The van der Waals surface area contributed by atoms with Crippen molar-refractivity contribution in [3.8, 4) is 11.5 Å². The van der Waals surface area contributed by atoms with E-state index in [2.05, 4.69) is 50.2 Å². The van der Waals surface area contributed by atoms with Gasteiger partial charge in [-0.15, -0.1) is 0 Å². The van der Waals surface area contributed by atoms with Crippen LogP contribution in [0.25, 0.3) is 0 Å². The number of fused-ring (bicyclic) bond motifs is 1. The van der Waals surface area contributed by atoms with Crippen LogP contribution in [0.5, 0.6) is 11.5 Å².